The lowest BCUT2D eigenvalue weighted by atomic mass is 10.1. The van der Waals surface area contributed by atoms with Crippen LogP contribution in [0.15, 0.2) is 35.7 Å². The fraction of sp³-hybridized carbons (Fsp3) is 0.250. The van der Waals surface area contributed by atoms with Crippen LogP contribution >= 0.6 is 11.3 Å². The number of ketones is 1. The number of thiophene rings is 1. The third kappa shape index (κ3) is 3.92. The highest BCUT2D eigenvalue weighted by Crippen LogP contribution is 2.18. The summed E-state index contributed by atoms with van der Waals surface area (Å²) in [5.74, 6) is -0.904. The molecule has 1 amide bonds. The van der Waals surface area contributed by atoms with E-state index in [4.69, 9.17) is 4.74 Å². The summed E-state index contributed by atoms with van der Waals surface area (Å²) >= 11 is 1.37. The molecule has 0 bridgehead atoms. The molecule has 1 aromatic carbocycles. The zero-order valence-electron chi connectivity index (χ0n) is 12.3. The maximum absolute atomic E-state index is 13.3. The molecule has 0 fully saturated rings. The fourth-order valence-electron chi connectivity index (χ4n) is 1.98. The molecule has 2 rings (SSSR count). The Morgan fingerprint density at radius 2 is 2.14 bits per heavy atom. The topological polar surface area (TPSA) is 55.4 Å². The number of halogens is 1. The van der Waals surface area contributed by atoms with Crippen molar-refractivity contribution in [1.82, 2.24) is 5.32 Å². The minimum Gasteiger partial charge on any atom is -0.494 e. The van der Waals surface area contributed by atoms with Crippen LogP contribution in [0.4, 0.5) is 4.39 Å². The van der Waals surface area contributed by atoms with E-state index in [1.807, 2.05) is 11.4 Å². The standard InChI is InChI=1S/C16H16FNO3S/c1-10(8-13(19)15-4-3-7-22-15)18-16(20)11-5-6-12(17)14(9-11)21-2/h3-7,9-10H,8H2,1-2H3,(H,18,20). The molecule has 4 nitrogen and oxygen atoms in total. The van der Waals surface area contributed by atoms with Crippen LogP contribution in [0.25, 0.3) is 0 Å². The van der Waals surface area contributed by atoms with E-state index in [1.165, 1.54) is 36.6 Å². The van der Waals surface area contributed by atoms with Crippen molar-refractivity contribution in [2.75, 3.05) is 7.11 Å². The zero-order chi connectivity index (χ0) is 16.1. The summed E-state index contributed by atoms with van der Waals surface area (Å²) < 4.78 is 18.2. The first kappa shape index (κ1) is 16.2. The Hall–Kier alpha value is -2.21. The summed E-state index contributed by atoms with van der Waals surface area (Å²) in [6, 6.07) is 7.13. The predicted molar refractivity (Wildman–Crippen MR) is 83.1 cm³/mol. The van der Waals surface area contributed by atoms with Crippen LogP contribution in [-0.4, -0.2) is 24.8 Å². The van der Waals surface area contributed by atoms with Gasteiger partial charge in [-0.25, -0.2) is 4.39 Å². The van der Waals surface area contributed by atoms with Crippen molar-refractivity contribution < 1.29 is 18.7 Å². The molecule has 1 N–H and O–H groups in total. The molecule has 1 aromatic heterocycles. The second-order valence-electron chi connectivity index (χ2n) is 4.83. The molecule has 1 heterocycles. The number of Topliss-reactive ketones (excluding diaryl/α,β-unsaturated/α-hetero) is 1. The average Bonchev–Trinajstić information content (AvgIpc) is 3.01. The van der Waals surface area contributed by atoms with E-state index in [0.717, 1.165) is 0 Å². The van der Waals surface area contributed by atoms with Gasteiger partial charge in [0.05, 0.1) is 12.0 Å². The summed E-state index contributed by atoms with van der Waals surface area (Å²) in [4.78, 5) is 24.7. The van der Waals surface area contributed by atoms with Gasteiger partial charge in [0.15, 0.2) is 17.3 Å². The number of carbonyl (C=O) groups is 2. The van der Waals surface area contributed by atoms with Crippen LogP contribution < -0.4 is 10.1 Å². The molecule has 0 saturated heterocycles. The van der Waals surface area contributed by atoms with E-state index >= 15 is 0 Å². The first-order valence-electron chi connectivity index (χ1n) is 6.72. The number of benzene rings is 1. The number of nitrogens with one attached hydrogen (secondary N) is 1. The summed E-state index contributed by atoms with van der Waals surface area (Å²) in [6.45, 7) is 1.75. The number of amides is 1. The molecule has 2 aromatic rings. The minimum absolute atomic E-state index is 0.00923. The summed E-state index contributed by atoms with van der Waals surface area (Å²) in [6.07, 6.45) is 0.213. The summed E-state index contributed by atoms with van der Waals surface area (Å²) in [5, 5.41) is 4.56. The molecule has 6 heteroatoms. The van der Waals surface area contributed by atoms with E-state index in [1.54, 1.807) is 13.0 Å². The van der Waals surface area contributed by atoms with Gasteiger partial charge in [-0.1, -0.05) is 6.07 Å². The lowest BCUT2D eigenvalue weighted by Crippen LogP contribution is -2.34. The molecular formula is C16H16FNO3S. The van der Waals surface area contributed by atoms with Crippen molar-refractivity contribution in [3.63, 3.8) is 0 Å². The SMILES string of the molecule is COc1cc(C(=O)NC(C)CC(=O)c2cccs2)ccc1F. The third-order valence-electron chi connectivity index (χ3n) is 3.08. The Balaban J connectivity index is 1.98. The van der Waals surface area contributed by atoms with Gasteiger partial charge in [0, 0.05) is 18.0 Å². The molecule has 116 valence electrons. The zero-order valence-corrected chi connectivity index (χ0v) is 13.1. The minimum atomic E-state index is -0.528. The second-order valence-corrected chi connectivity index (χ2v) is 5.78. The van der Waals surface area contributed by atoms with E-state index < -0.39 is 5.82 Å². The Morgan fingerprint density at radius 1 is 1.36 bits per heavy atom. The molecule has 0 saturated carbocycles. The highest BCUT2D eigenvalue weighted by atomic mass is 32.1. The predicted octanol–water partition coefficient (Wildman–Crippen LogP) is 3.29. The molecule has 0 radical (unpaired) electrons. The first-order chi connectivity index (χ1) is 10.5. The van der Waals surface area contributed by atoms with Crippen molar-refractivity contribution in [1.29, 1.82) is 0 Å². The number of hydrogen-bond donors (Lipinski definition) is 1. The first-order valence-corrected chi connectivity index (χ1v) is 7.60. The largest absolute Gasteiger partial charge is 0.494 e. The number of ether oxygens (including phenoxy) is 1. The van der Waals surface area contributed by atoms with Crippen molar-refractivity contribution in [3.05, 3.63) is 52.0 Å². The molecule has 0 aliphatic carbocycles. The molecule has 22 heavy (non-hydrogen) atoms. The molecule has 1 unspecified atom stereocenters. The number of carbonyl (C=O) groups excluding carboxylic acids is 2. The average molecular weight is 321 g/mol. The number of hydrogen-bond acceptors (Lipinski definition) is 4. The van der Waals surface area contributed by atoms with Crippen LogP contribution in [0.5, 0.6) is 5.75 Å². The Bertz CT molecular complexity index is 670. The third-order valence-corrected chi connectivity index (χ3v) is 3.99. The van der Waals surface area contributed by atoms with E-state index in [0.29, 0.717) is 4.88 Å². The molecule has 0 spiro atoms. The number of methoxy groups -OCH3 is 1. The van der Waals surface area contributed by atoms with Gasteiger partial charge in [-0.3, -0.25) is 9.59 Å². The van der Waals surface area contributed by atoms with Crippen LogP contribution in [0, 0.1) is 5.82 Å². The quantitative estimate of drug-likeness (QED) is 0.831. The lowest BCUT2D eigenvalue weighted by molar-refractivity contribution is 0.0919. The summed E-state index contributed by atoms with van der Waals surface area (Å²) in [7, 11) is 1.34. The van der Waals surface area contributed by atoms with E-state index in [9.17, 15) is 14.0 Å². The monoisotopic (exact) mass is 321 g/mol. The molecule has 0 aliphatic rings. The maximum Gasteiger partial charge on any atom is 0.251 e. The van der Waals surface area contributed by atoms with Crippen LogP contribution in [-0.2, 0) is 0 Å². The lowest BCUT2D eigenvalue weighted by Gasteiger charge is -2.13. The van der Waals surface area contributed by atoms with Gasteiger partial charge in [0.2, 0.25) is 0 Å². The molecular weight excluding hydrogens is 305 g/mol. The number of rotatable bonds is 6. The van der Waals surface area contributed by atoms with Crippen molar-refractivity contribution >= 4 is 23.0 Å². The fourth-order valence-corrected chi connectivity index (χ4v) is 2.65. The van der Waals surface area contributed by atoms with Crippen molar-refractivity contribution in [2.24, 2.45) is 0 Å². The Labute approximate surface area is 131 Å². The van der Waals surface area contributed by atoms with Crippen LogP contribution in [0.3, 0.4) is 0 Å². The maximum atomic E-state index is 13.3. The van der Waals surface area contributed by atoms with Crippen molar-refractivity contribution in [3.8, 4) is 5.75 Å². The van der Waals surface area contributed by atoms with Crippen LogP contribution in [0.1, 0.15) is 33.4 Å². The smallest absolute Gasteiger partial charge is 0.251 e. The van der Waals surface area contributed by atoms with Gasteiger partial charge in [0.25, 0.3) is 5.91 Å². The normalized spacial score (nSPS) is 11.8. The van der Waals surface area contributed by atoms with Gasteiger partial charge in [-0.15, -0.1) is 11.3 Å². The van der Waals surface area contributed by atoms with Crippen LogP contribution in [0.2, 0.25) is 0 Å². The van der Waals surface area contributed by atoms with E-state index in [2.05, 4.69) is 5.32 Å². The van der Waals surface area contributed by atoms with E-state index in [-0.39, 0.29) is 35.5 Å². The summed E-state index contributed by atoms with van der Waals surface area (Å²) in [5.41, 5.74) is 0.286. The highest BCUT2D eigenvalue weighted by Gasteiger charge is 2.16. The van der Waals surface area contributed by atoms with Gasteiger partial charge in [-0.2, -0.15) is 0 Å². The Morgan fingerprint density at radius 3 is 2.77 bits per heavy atom. The Kier molecular flexibility index (Phi) is 5.27. The second kappa shape index (κ2) is 7.17. The molecule has 0 aliphatic heterocycles. The van der Waals surface area contributed by atoms with Gasteiger partial charge in [-0.05, 0) is 36.6 Å². The van der Waals surface area contributed by atoms with Gasteiger partial charge in [0.1, 0.15) is 0 Å². The van der Waals surface area contributed by atoms with Gasteiger partial charge >= 0.3 is 0 Å². The molecule has 1 atom stereocenters. The van der Waals surface area contributed by atoms with Gasteiger partial charge < -0.3 is 10.1 Å². The van der Waals surface area contributed by atoms with Crippen molar-refractivity contribution in [2.45, 2.75) is 19.4 Å². The highest BCUT2D eigenvalue weighted by molar-refractivity contribution is 7.12.